The van der Waals surface area contributed by atoms with E-state index in [2.05, 4.69) is 23.9 Å². The summed E-state index contributed by atoms with van der Waals surface area (Å²) in [7, 11) is -3.56. The van der Waals surface area contributed by atoms with E-state index < -0.39 is 28.5 Å². The Hall–Kier alpha value is -2.87. The monoisotopic (exact) mass is 432 g/mol. The summed E-state index contributed by atoms with van der Waals surface area (Å²) in [4.78, 5) is 24.5. The Bertz CT molecular complexity index is 985. The molecule has 0 saturated heterocycles. The Morgan fingerprint density at radius 3 is 2.23 bits per heavy atom. The molecule has 0 fully saturated rings. The van der Waals surface area contributed by atoms with Crippen LogP contribution in [-0.2, 0) is 26.0 Å². The van der Waals surface area contributed by atoms with Crippen LogP contribution in [-0.4, -0.2) is 33.2 Å². The number of sulfonamides is 1. The van der Waals surface area contributed by atoms with Gasteiger partial charge in [0.2, 0.25) is 10.0 Å². The highest BCUT2D eigenvalue weighted by Gasteiger charge is 2.17. The SMILES string of the molecule is CC(C)Cc1ccc([C@@H](C)NC(=O)COC(=O)c2ccccc2NS(C)(=O)=O)cc1. The van der Waals surface area contributed by atoms with Crippen LogP contribution in [0.15, 0.2) is 48.5 Å². The van der Waals surface area contributed by atoms with Crippen LogP contribution in [0.25, 0.3) is 0 Å². The number of rotatable bonds is 9. The highest BCUT2D eigenvalue weighted by atomic mass is 32.2. The topological polar surface area (TPSA) is 102 Å². The molecule has 7 nitrogen and oxygen atoms in total. The Kier molecular flexibility index (Phi) is 8.00. The maximum absolute atomic E-state index is 12.3. The van der Waals surface area contributed by atoms with Crippen molar-refractivity contribution in [1.29, 1.82) is 0 Å². The van der Waals surface area contributed by atoms with Gasteiger partial charge in [-0.3, -0.25) is 9.52 Å². The first-order valence-electron chi connectivity index (χ1n) is 9.67. The fourth-order valence-electron chi connectivity index (χ4n) is 2.94. The molecular formula is C22H28N2O5S. The van der Waals surface area contributed by atoms with E-state index in [0.29, 0.717) is 5.92 Å². The number of ether oxygens (including phenoxy) is 1. The first kappa shape index (κ1) is 23.4. The molecule has 0 aromatic heterocycles. The van der Waals surface area contributed by atoms with Crippen molar-refractivity contribution in [2.75, 3.05) is 17.6 Å². The lowest BCUT2D eigenvalue weighted by Gasteiger charge is -2.16. The number of carbonyl (C=O) groups is 2. The molecule has 1 amide bonds. The highest BCUT2D eigenvalue weighted by molar-refractivity contribution is 7.92. The van der Waals surface area contributed by atoms with E-state index in [0.717, 1.165) is 18.2 Å². The van der Waals surface area contributed by atoms with E-state index >= 15 is 0 Å². The van der Waals surface area contributed by atoms with Crippen molar-refractivity contribution in [3.8, 4) is 0 Å². The number of benzene rings is 2. The molecule has 2 aromatic carbocycles. The summed E-state index contributed by atoms with van der Waals surface area (Å²) in [5.74, 6) is -0.668. The summed E-state index contributed by atoms with van der Waals surface area (Å²) in [5.41, 5.74) is 2.32. The Morgan fingerprint density at radius 1 is 1.00 bits per heavy atom. The number of anilines is 1. The summed E-state index contributed by atoms with van der Waals surface area (Å²) in [6.07, 6.45) is 1.98. The fraction of sp³-hybridized carbons (Fsp3) is 0.364. The fourth-order valence-corrected chi connectivity index (χ4v) is 3.52. The standard InChI is InChI=1S/C22H28N2O5S/c1-15(2)13-17-9-11-18(12-10-17)16(3)23-21(25)14-29-22(26)19-7-5-6-8-20(19)24-30(4,27)28/h5-12,15-16,24H,13-14H2,1-4H3,(H,23,25)/t16-/m1/s1. The minimum Gasteiger partial charge on any atom is -0.452 e. The van der Waals surface area contributed by atoms with Gasteiger partial charge < -0.3 is 10.1 Å². The van der Waals surface area contributed by atoms with Crippen molar-refractivity contribution in [3.05, 3.63) is 65.2 Å². The van der Waals surface area contributed by atoms with Crippen LogP contribution in [0.2, 0.25) is 0 Å². The largest absolute Gasteiger partial charge is 0.452 e. The maximum atomic E-state index is 12.3. The van der Waals surface area contributed by atoms with Crippen molar-refractivity contribution in [2.24, 2.45) is 5.92 Å². The second-order valence-electron chi connectivity index (χ2n) is 7.62. The summed E-state index contributed by atoms with van der Waals surface area (Å²) < 4.78 is 30.2. The molecule has 0 aliphatic carbocycles. The zero-order valence-electron chi connectivity index (χ0n) is 17.6. The van der Waals surface area contributed by atoms with Gasteiger partial charge >= 0.3 is 5.97 Å². The van der Waals surface area contributed by atoms with Crippen LogP contribution in [0, 0.1) is 5.92 Å². The molecule has 0 bridgehead atoms. The van der Waals surface area contributed by atoms with E-state index in [-0.39, 0.29) is 17.3 Å². The molecule has 2 aromatic rings. The molecule has 1 atom stereocenters. The van der Waals surface area contributed by atoms with E-state index in [1.807, 2.05) is 31.2 Å². The molecular weight excluding hydrogens is 404 g/mol. The van der Waals surface area contributed by atoms with Crippen LogP contribution in [0.3, 0.4) is 0 Å². The average Bonchev–Trinajstić information content (AvgIpc) is 2.65. The molecule has 0 saturated carbocycles. The normalized spacial score (nSPS) is 12.3. The van der Waals surface area contributed by atoms with Gasteiger partial charge in [0.15, 0.2) is 6.61 Å². The number of nitrogens with one attached hydrogen (secondary N) is 2. The molecule has 0 heterocycles. The third kappa shape index (κ3) is 7.51. The smallest absolute Gasteiger partial charge is 0.340 e. The molecule has 0 spiro atoms. The third-order valence-corrected chi connectivity index (χ3v) is 4.87. The van der Waals surface area contributed by atoms with E-state index in [1.165, 1.54) is 17.7 Å². The van der Waals surface area contributed by atoms with Crippen molar-refractivity contribution in [1.82, 2.24) is 5.32 Å². The number of carbonyl (C=O) groups excluding carboxylic acids is 2. The summed E-state index contributed by atoms with van der Waals surface area (Å²) >= 11 is 0. The Labute approximate surface area is 177 Å². The van der Waals surface area contributed by atoms with Gasteiger partial charge in [0.1, 0.15) is 0 Å². The van der Waals surface area contributed by atoms with Crippen LogP contribution >= 0.6 is 0 Å². The molecule has 2 rings (SSSR count). The lowest BCUT2D eigenvalue weighted by atomic mass is 10.00. The minimum atomic E-state index is -3.56. The van der Waals surface area contributed by atoms with Gasteiger partial charge in [0, 0.05) is 0 Å². The van der Waals surface area contributed by atoms with Crippen molar-refractivity contribution >= 4 is 27.6 Å². The number of para-hydroxylation sites is 1. The molecule has 0 unspecified atom stereocenters. The minimum absolute atomic E-state index is 0.0320. The third-order valence-electron chi connectivity index (χ3n) is 4.28. The zero-order valence-corrected chi connectivity index (χ0v) is 18.5. The predicted molar refractivity (Wildman–Crippen MR) is 117 cm³/mol. The van der Waals surface area contributed by atoms with Crippen molar-refractivity contribution in [2.45, 2.75) is 33.2 Å². The van der Waals surface area contributed by atoms with E-state index in [4.69, 9.17) is 4.74 Å². The second-order valence-corrected chi connectivity index (χ2v) is 9.37. The first-order valence-corrected chi connectivity index (χ1v) is 11.6. The van der Waals surface area contributed by atoms with Gasteiger partial charge in [-0.2, -0.15) is 0 Å². The molecule has 2 N–H and O–H groups in total. The number of amides is 1. The van der Waals surface area contributed by atoms with Crippen LogP contribution in [0.5, 0.6) is 0 Å². The van der Waals surface area contributed by atoms with Gasteiger partial charge in [-0.15, -0.1) is 0 Å². The van der Waals surface area contributed by atoms with Gasteiger partial charge in [-0.25, -0.2) is 13.2 Å². The first-order chi connectivity index (χ1) is 14.0. The van der Waals surface area contributed by atoms with Crippen LogP contribution < -0.4 is 10.0 Å². The Balaban J connectivity index is 1.92. The Morgan fingerprint density at radius 2 is 1.63 bits per heavy atom. The predicted octanol–water partition coefficient (Wildman–Crippen LogP) is 3.29. The molecule has 0 aliphatic heterocycles. The number of hydrogen-bond donors (Lipinski definition) is 2. The molecule has 30 heavy (non-hydrogen) atoms. The van der Waals surface area contributed by atoms with Gasteiger partial charge in [0.25, 0.3) is 5.91 Å². The van der Waals surface area contributed by atoms with Gasteiger partial charge in [-0.05, 0) is 42.5 Å². The van der Waals surface area contributed by atoms with Gasteiger partial charge in [-0.1, -0.05) is 50.2 Å². The average molecular weight is 433 g/mol. The van der Waals surface area contributed by atoms with Crippen LogP contribution in [0.1, 0.15) is 48.3 Å². The van der Waals surface area contributed by atoms with Crippen molar-refractivity contribution in [3.63, 3.8) is 0 Å². The number of esters is 1. The lowest BCUT2D eigenvalue weighted by molar-refractivity contribution is -0.124. The zero-order chi connectivity index (χ0) is 22.3. The summed E-state index contributed by atoms with van der Waals surface area (Å²) in [6, 6.07) is 13.8. The molecule has 8 heteroatoms. The van der Waals surface area contributed by atoms with E-state index in [9.17, 15) is 18.0 Å². The van der Waals surface area contributed by atoms with Crippen molar-refractivity contribution < 1.29 is 22.7 Å². The number of hydrogen-bond acceptors (Lipinski definition) is 5. The van der Waals surface area contributed by atoms with E-state index in [1.54, 1.807) is 12.1 Å². The summed E-state index contributed by atoms with van der Waals surface area (Å²) in [6.45, 7) is 5.70. The maximum Gasteiger partial charge on any atom is 0.340 e. The quantitative estimate of drug-likeness (QED) is 0.592. The summed E-state index contributed by atoms with van der Waals surface area (Å²) in [5, 5.41) is 2.79. The highest BCUT2D eigenvalue weighted by Crippen LogP contribution is 2.18. The molecule has 0 aliphatic rings. The lowest BCUT2D eigenvalue weighted by Crippen LogP contribution is -2.31. The van der Waals surface area contributed by atoms with Gasteiger partial charge in [0.05, 0.1) is 23.5 Å². The molecule has 162 valence electrons. The molecule has 0 radical (unpaired) electrons. The second kappa shape index (κ2) is 10.2. The van der Waals surface area contributed by atoms with Crippen LogP contribution in [0.4, 0.5) is 5.69 Å².